The molecular weight excluding hydrogens is 444 g/mol. The summed E-state index contributed by atoms with van der Waals surface area (Å²) in [5.74, 6) is -1.26. The van der Waals surface area contributed by atoms with E-state index >= 15 is 0 Å². The lowest BCUT2D eigenvalue weighted by Gasteiger charge is -2.36. The van der Waals surface area contributed by atoms with Crippen LogP contribution in [0.3, 0.4) is 0 Å². The lowest BCUT2D eigenvalue weighted by Crippen LogP contribution is -2.50. The Morgan fingerprint density at radius 2 is 1.49 bits per heavy atom. The molecule has 0 saturated heterocycles. The molecule has 0 heterocycles. The van der Waals surface area contributed by atoms with Gasteiger partial charge in [0.2, 0.25) is 5.91 Å². The number of rotatable bonds is 6. The Balaban J connectivity index is 1.12. The number of aromatic carboxylic acids is 1. The predicted octanol–water partition coefficient (Wildman–Crippen LogP) is 4.66. The molecule has 0 aliphatic heterocycles. The third kappa shape index (κ3) is 4.37. The van der Waals surface area contributed by atoms with Gasteiger partial charge in [0.05, 0.1) is 5.56 Å². The second-order valence-corrected chi connectivity index (χ2v) is 9.08. The summed E-state index contributed by atoms with van der Waals surface area (Å²) in [7, 11) is 1.67. The van der Waals surface area contributed by atoms with Crippen LogP contribution in [-0.2, 0) is 9.53 Å². The molecule has 7 nitrogen and oxygen atoms in total. The molecule has 1 saturated carbocycles. The quantitative estimate of drug-likeness (QED) is 0.546. The van der Waals surface area contributed by atoms with Crippen molar-refractivity contribution in [3.05, 3.63) is 89.5 Å². The van der Waals surface area contributed by atoms with Crippen molar-refractivity contribution in [1.82, 2.24) is 5.32 Å². The lowest BCUT2D eigenvalue weighted by molar-refractivity contribution is -0.125. The summed E-state index contributed by atoms with van der Waals surface area (Å²) in [6, 6.07) is 22.5. The maximum atomic E-state index is 12.8. The first-order valence-electron chi connectivity index (χ1n) is 11.6. The molecular formula is C28H26N2O5. The number of benzene rings is 3. The summed E-state index contributed by atoms with van der Waals surface area (Å²) in [6.07, 6.45) is 0.613. The van der Waals surface area contributed by atoms with Gasteiger partial charge in [-0.2, -0.15) is 0 Å². The minimum absolute atomic E-state index is 0.00466. The van der Waals surface area contributed by atoms with Gasteiger partial charge in [-0.15, -0.1) is 0 Å². The van der Waals surface area contributed by atoms with E-state index in [1.54, 1.807) is 19.2 Å². The molecule has 7 heteroatoms. The number of amides is 2. The number of carboxylic acids is 1. The van der Waals surface area contributed by atoms with Gasteiger partial charge >= 0.3 is 12.1 Å². The molecule has 0 bridgehead atoms. The summed E-state index contributed by atoms with van der Waals surface area (Å²) in [5.41, 5.74) is 5.49. The summed E-state index contributed by atoms with van der Waals surface area (Å²) in [6.45, 7) is 0.254. The Morgan fingerprint density at radius 1 is 0.914 bits per heavy atom. The number of hydrogen-bond acceptors (Lipinski definition) is 4. The van der Waals surface area contributed by atoms with E-state index in [1.165, 1.54) is 28.2 Å². The van der Waals surface area contributed by atoms with Gasteiger partial charge in [0.25, 0.3) is 0 Å². The average molecular weight is 471 g/mol. The fourth-order valence-corrected chi connectivity index (χ4v) is 4.97. The van der Waals surface area contributed by atoms with E-state index in [4.69, 9.17) is 9.84 Å². The molecule has 35 heavy (non-hydrogen) atoms. The highest BCUT2D eigenvalue weighted by Gasteiger charge is 2.38. The van der Waals surface area contributed by atoms with E-state index in [1.807, 2.05) is 24.3 Å². The van der Waals surface area contributed by atoms with Crippen LogP contribution in [0.2, 0.25) is 0 Å². The zero-order valence-electron chi connectivity index (χ0n) is 19.3. The van der Waals surface area contributed by atoms with Gasteiger partial charge in [-0.3, -0.25) is 4.79 Å². The molecule has 3 aromatic rings. The summed E-state index contributed by atoms with van der Waals surface area (Å²) in [4.78, 5) is 37.8. The summed E-state index contributed by atoms with van der Waals surface area (Å²) >= 11 is 0. The van der Waals surface area contributed by atoms with Crippen LogP contribution in [-0.4, -0.2) is 42.8 Å². The van der Waals surface area contributed by atoms with Crippen molar-refractivity contribution < 1.29 is 24.2 Å². The number of carboxylic acid groups (broad SMARTS) is 1. The maximum Gasteiger partial charge on any atom is 0.407 e. The number of hydrogen-bond donors (Lipinski definition) is 2. The predicted molar refractivity (Wildman–Crippen MR) is 132 cm³/mol. The molecule has 0 atom stereocenters. The minimum Gasteiger partial charge on any atom is -0.478 e. The monoisotopic (exact) mass is 470 g/mol. The average Bonchev–Trinajstić information content (AvgIpc) is 3.17. The highest BCUT2D eigenvalue weighted by atomic mass is 16.5. The second kappa shape index (κ2) is 9.25. The van der Waals surface area contributed by atoms with Gasteiger partial charge in [-0.25, -0.2) is 9.59 Å². The standard InChI is InChI=1S/C28H26N2O5/c1-30(20-12-10-17(11-13-20)27(32)33)26(31)18-14-19(15-18)29-28(34)35-16-25-23-8-4-2-6-21(23)22-7-3-5-9-24(22)25/h2-13,18-19,25H,14-16H2,1H3,(H,29,34)(H,32,33). The number of carbonyl (C=O) groups is 3. The lowest BCUT2D eigenvalue weighted by atomic mass is 9.79. The first-order chi connectivity index (χ1) is 16.9. The fourth-order valence-electron chi connectivity index (χ4n) is 4.97. The van der Waals surface area contributed by atoms with E-state index in [9.17, 15) is 14.4 Å². The summed E-state index contributed by atoms with van der Waals surface area (Å²) in [5, 5.41) is 11.9. The Bertz CT molecular complexity index is 1240. The van der Waals surface area contributed by atoms with Gasteiger partial charge in [0.15, 0.2) is 0 Å². The first-order valence-corrected chi connectivity index (χ1v) is 11.6. The van der Waals surface area contributed by atoms with Gasteiger partial charge < -0.3 is 20.1 Å². The highest BCUT2D eigenvalue weighted by Crippen LogP contribution is 2.44. The van der Waals surface area contributed by atoms with Crippen molar-refractivity contribution >= 4 is 23.7 Å². The van der Waals surface area contributed by atoms with Crippen LogP contribution >= 0.6 is 0 Å². The number of alkyl carbamates (subject to hydrolysis) is 1. The molecule has 3 aromatic carbocycles. The zero-order valence-corrected chi connectivity index (χ0v) is 19.3. The Kier molecular flexibility index (Phi) is 5.99. The van der Waals surface area contributed by atoms with Crippen molar-refractivity contribution in [2.75, 3.05) is 18.6 Å². The minimum atomic E-state index is -1.01. The number of fused-ring (bicyclic) bond motifs is 3. The van der Waals surface area contributed by atoms with Gasteiger partial charge in [0.1, 0.15) is 6.61 Å². The Hall–Kier alpha value is -4.13. The zero-order chi connectivity index (χ0) is 24.5. The normalized spacial score (nSPS) is 18.1. The molecule has 1 fully saturated rings. The third-order valence-corrected chi connectivity index (χ3v) is 6.99. The van der Waals surface area contributed by atoms with Crippen molar-refractivity contribution in [1.29, 1.82) is 0 Å². The number of anilines is 1. The van der Waals surface area contributed by atoms with Crippen LogP contribution < -0.4 is 10.2 Å². The van der Waals surface area contributed by atoms with Crippen LogP contribution in [0.15, 0.2) is 72.8 Å². The number of ether oxygens (including phenoxy) is 1. The van der Waals surface area contributed by atoms with Gasteiger partial charge in [-0.05, 0) is 59.4 Å². The first kappa shape index (κ1) is 22.7. The number of carbonyl (C=O) groups excluding carboxylic acids is 2. The molecule has 2 N–H and O–H groups in total. The molecule has 2 amide bonds. The SMILES string of the molecule is CN(C(=O)C1CC(NC(=O)OCC2c3ccccc3-c3ccccc32)C1)c1ccc(C(=O)O)cc1. The van der Waals surface area contributed by atoms with Crippen LogP contribution in [0.25, 0.3) is 11.1 Å². The molecule has 178 valence electrons. The highest BCUT2D eigenvalue weighted by molar-refractivity contribution is 5.96. The van der Waals surface area contributed by atoms with Gasteiger partial charge in [-0.1, -0.05) is 48.5 Å². The van der Waals surface area contributed by atoms with E-state index < -0.39 is 12.1 Å². The second-order valence-electron chi connectivity index (χ2n) is 9.08. The van der Waals surface area contributed by atoms with Crippen LogP contribution in [0, 0.1) is 5.92 Å². The van der Waals surface area contributed by atoms with Crippen molar-refractivity contribution in [3.63, 3.8) is 0 Å². The summed E-state index contributed by atoms with van der Waals surface area (Å²) < 4.78 is 5.60. The molecule has 0 spiro atoms. The van der Waals surface area contributed by atoms with Gasteiger partial charge in [0, 0.05) is 30.6 Å². The molecule has 2 aliphatic rings. The van der Waals surface area contributed by atoms with Crippen LogP contribution in [0.1, 0.15) is 40.2 Å². The Morgan fingerprint density at radius 3 is 2.06 bits per heavy atom. The molecule has 0 radical (unpaired) electrons. The van der Waals surface area contributed by atoms with E-state index in [2.05, 4.69) is 29.6 Å². The van der Waals surface area contributed by atoms with Crippen molar-refractivity contribution in [2.45, 2.75) is 24.8 Å². The molecule has 2 aliphatic carbocycles. The van der Waals surface area contributed by atoms with Crippen LogP contribution in [0.5, 0.6) is 0 Å². The largest absolute Gasteiger partial charge is 0.478 e. The fraction of sp³-hybridized carbons (Fsp3) is 0.250. The third-order valence-electron chi connectivity index (χ3n) is 6.99. The maximum absolute atomic E-state index is 12.8. The van der Waals surface area contributed by atoms with Crippen LogP contribution in [0.4, 0.5) is 10.5 Å². The van der Waals surface area contributed by atoms with Crippen molar-refractivity contribution in [2.24, 2.45) is 5.92 Å². The number of nitrogens with one attached hydrogen (secondary N) is 1. The molecule has 0 aromatic heterocycles. The smallest absolute Gasteiger partial charge is 0.407 e. The van der Waals surface area contributed by atoms with E-state index in [0.717, 1.165) is 11.1 Å². The topological polar surface area (TPSA) is 95.9 Å². The Labute approximate surface area is 203 Å². The van der Waals surface area contributed by atoms with E-state index in [0.29, 0.717) is 18.5 Å². The number of nitrogens with zero attached hydrogens (tertiary/aromatic N) is 1. The molecule has 5 rings (SSSR count). The van der Waals surface area contributed by atoms with E-state index in [-0.39, 0.29) is 36.0 Å². The van der Waals surface area contributed by atoms with Crippen molar-refractivity contribution in [3.8, 4) is 11.1 Å². The molecule has 0 unspecified atom stereocenters.